The molecule has 12 N–H and O–H groups in total. The van der Waals surface area contributed by atoms with Gasteiger partial charge in [-0.2, -0.15) is 0 Å². The summed E-state index contributed by atoms with van der Waals surface area (Å²) in [7, 11) is 0. The van der Waals surface area contributed by atoms with Crippen LogP contribution in [0.15, 0.2) is 0 Å². The van der Waals surface area contributed by atoms with E-state index in [2.05, 4.69) is 42.5 Å². The van der Waals surface area contributed by atoms with Crippen LogP contribution < -0.4 is 54.0 Å². The zero-order valence-corrected chi connectivity index (χ0v) is 28.5. The van der Waals surface area contributed by atoms with Crippen LogP contribution in [-0.4, -0.2) is 106 Å². The van der Waals surface area contributed by atoms with E-state index >= 15 is 0 Å². The molecule has 6 atom stereocenters. The van der Waals surface area contributed by atoms with Crippen molar-refractivity contribution in [3.05, 3.63) is 0 Å². The van der Waals surface area contributed by atoms with Crippen LogP contribution >= 0.6 is 0 Å². The van der Waals surface area contributed by atoms with Gasteiger partial charge in [0.2, 0.25) is 53.2 Å². The molecule has 49 heavy (non-hydrogen) atoms. The molecule has 0 aromatic rings. The number of carbonyl (C=O) groups is 9. The van der Waals surface area contributed by atoms with Crippen molar-refractivity contribution in [2.75, 3.05) is 0 Å². The Morgan fingerprint density at radius 1 is 0.592 bits per heavy atom. The molecule has 19 heteroatoms. The number of rotatable bonds is 14. The average Bonchev–Trinajstić information content (AvgIpc) is 3.57. The Hall–Kier alpha value is -4.81. The quantitative estimate of drug-likeness (QED) is 0.0829. The van der Waals surface area contributed by atoms with Crippen LogP contribution in [0.25, 0.3) is 0 Å². The zero-order valence-electron chi connectivity index (χ0n) is 28.5. The van der Waals surface area contributed by atoms with Gasteiger partial charge in [0.05, 0.1) is 41.8 Å². The molecule has 3 rings (SSSR count). The largest absolute Gasteiger partial charge is 0.370 e. The van der Waals surface area contributed by atoms with Crippen molar-refractivity contribution in [3.8, 4) is 0 Å². The van der Waals surface area contributed by atoms with Gasteiger partial charge in [-0.05, 0) is 41.5 Å². The van der Waals surface area contributed by atoms with E-state index in [-0.39, 0.29) is 50.3 Å². The van der Waals surface area contributed by atoms with Gasteiger partial charge in [-0.1, -0.05) is 0 Å². The third-order valence-electron chi connectivity index (χ3n) is 8.52. The Morgan fingerprint density at radius 3 is 1.20 bits per heavy atom. The topological polar surface area (TPSA) is 302 Å². The Kier molecular flexibility index (Phi) is 11.6. The summed E-state index contributed by atoms with van der Waals surface area (Å²) >= 11 is 0. The molecule has 19 nitrogen and oxygen atoms in total. The van der Waals surface area contributed by atoms with Gasteiger partial charge < -0.3 is 54.0 Å². The maximum Gasteiger partial charge on any atom is 0.245 e. The first kappa shape index (κ1) is 38.6. The summed E-state index contributed by atoms with van der Waals surface area (Å²) in [5, 5.41) is 21.1. The molecular formula is C30H48N10O9. The predicted molar refractivity (Wildman–Crippen MR) is 171 cm³/mol. The summed E-state index contributed by atoms with van der Waals surface area (Å²) in [5.41, 5.74) is 6.91. The van der Waals surface area contributed by atoms with Gasteiger partial charge in [0.1, 0.15) is 11.1 Å². The fraction of sp³-hybridized carbons (Fsp3) is 0.700. The lowest BCUT2D eigenvalue weighted by atomic mass is 9.98. The molecule has 9 amide bonds. The molecule has 3 heterocycles. The summed E-state index contributed by atoms with van der Waals surface area (Å²) in [6.07, 6.45) is -0.974. The van der Waals surface area contributed by atoms with Crippen LogP contribution in [0.4, 0.5) is 0 Å². The zero-order chi connectivity index (χ0) is 37.1. The molecule has 3 saturated heterocycles. The number of primary amides is 1. The van der Waals surface area contributed by atoms with E-state index in [1.54, 1.807) is 0 Å². The molecule has 0 aliphatic carbocycles. The normalized spacial score (nSPS) is 25.4. The predicted octanol–water partition coefficient (Wildman–Crippen LogP) is -4.71. The number of carbonyl (C=O) groups excluding carboxylic acids is 9. The molecule has 0 aromatic heterocycles. The van der Waals surface area contributed by atoms with E-state index in [1.807, 2.05) is 0 Å². The van der Waals surface area contributed by atoms with Crippen LogP contribution in [0.1, 0.15) is 80.1 Å². The highest BCUT2D eigenvalue weighted by atomic mass is 16.2. The van der Waals surface area contributed by atoms with Crippen LogP contribution in [0.3, 0.4) is 0 Å². The Labute approximate surface area is 283 Å². The fourth-order valence-corrected chi connectivity index (χ4v) is 5.74. The van der Waals surface area contributed by atoms with Gasteiger partial charge >= 0.3 is 0 Å². The lowest BCUT2D eigenvalue weighted by molar-refractivity contribution is -0.134. The van der Waals surface area contributed by atoms with Crippen molar-refractivity contribution in [1.29, 1.82) is 0 Å². The highest BCUT2D eigenvalue weighted by Crippen LogP contribution is 2.18. The molecule has 0 spiro atoms. The van der Waals surface area contributed by atoms with Crippen LogP contribution in [-0.2, 0) is 43.2 Å². The van der Waals surface area contributed by atoms with E-state index in [1.165, 1.54) is 41.5 Å². The number of nitrogens with one attached hydrogen (secondary N) is 8. The Balaban J connectivity index is 1.55. The second-order valence-electron chi connectivity index (χ2n) is 14.5. The van der Waals surface area contributed by atoms with Gasteiger partial charge in [0.15, 0.2) is 0 Å². The Bertz CT molecular complexity index is 1410. The first-order chi connectivity index (χ1) is 22.5. The summed E-state index contributed by atoms with van der Waals surface area (Å²) in [5.74, 6) is -4.77. The van der Waals surface area contributed by atoms with Crippen LogP contribution in [0.5, 0.6) is 0 Å². The van der Waals surface area contributed by atoms with Crippen molar-refractivity contribution in [3.63, 3.8) is 0 Å². The summed E-state index contributed by atoms with van der Waals surface area (Å²) in [6.45, 7) is 8.78. The minimum Gasteiger partial charge on any atom is -0.370 e. The molecule has 0 radical (unpaired) electrons. The molecule has 0 bridgehead atoms. The standard InChI is InChI=1S/C30H48N10O9/c1-28(2,32)25(47)36-17-9-21(43)34-14(17)11-23(45)39-30(5,6)27(49)38-18-10-22(44)35-15(18)12-24(46)40-29(3,4)26(48)37-16-8-20(42)33-13(16)7-19(31)41/h13-18H,7-12,32H2,1-6H3,(H2,31,41)(H,33,42)(H,34,43)(H,35,44)(H,36,47)(H,37,48)(H,38,49)(H,39,45)(H,40,46)/t13-,14-,15-,16+,17+,18+/m1/s1. The average molecular weight is 693 g/mol. The van der Waals surface area contributed by atoms with Gasteiger partial charge in [-0.3, -0.25) is 43.2 Å². The number of hydrogen-bond acceptors (Lipinski definition) is 10. The third kappa shape index (κ3) is 10.6. The molecule has 272 valence electrons. The monoisotopic (exact) mass is 692 g/mol. The molecule has 3 aliphatic rings. The van der Waals surface area contributed by atoms with Gasteiger partial charge in [-0.15, -0.1) is 0 Å². The second kappa shape index (κ2) is 14.8. The highest BCUT2D eigenvalue weighted by molar-refractivity contribution is 5.94. The van der Waals surface area contributed by atoms with E-state index in [4.69, 9.17) is 11.5 Å². The minimum atomic E-state index is -1.49. The highest BCUT2D eigenvalue weighted by Gasteiger charge is 2.42. The minimum absolute atomic E-state index is 0.0421. The van der Waals surface area contributed by atoms with Crippen LogP contribution in [0, 0.1) is 0 Å². The molecule has 3 fully saturated rings. The number of hydrogen-bond donors (Lipinski definition) is 10. The third-order valence-corrected chi connectivity index (χ3v) is 8.52. The van der Waals surface area contributed by atoms with E-state index < -0.39 is 94.2 Å². The molecule has 0 unspecified atom stereocenters. The van der Waals surface area contributed by atoms with Crippen molar-refractivity contribution in [2.24, 2.45) is 11.5 Å². The summed E-state index contributed by atoms with van der Waals surface area (Å²) in [6, 6.07) is -4.52. The summed E-state index contributed by atoms with van der Waals surface area (Å²) in [4.78, 5) is 112. The fourth-order valence-electron chi connectivity index (χ4n) is 5.74. The Morgan fingerprint density at radius 2 is 0.898 bits per heavy atom. The van der Waals surface area contributed by atoms with E-state index in [9.17, 15) is 43.2 Å². The lowest BCUT2D eigenvalue weighted by Crippen LogP contribution is -2.60. The number of nitrogens with two attached hydrogens (primary N) is 2. The number of amides is 9. The summed E-state index contributed by atoms with van der Waals surface area (Å²) < 4.78 is 0. The SMILES string of the molecule is CC(C)(N)C(=O)N[C@H]1CC(=O)N[C@@H]1CC(=O)NC(C)(C)C(=O)N[C@H]1CC(=O)N[C@@H]1CC(=O)NC(C)(C)C(=O)N[C@H]1CC(=O)N[C@@H]1CC(N)=O. The molecule has 3 aliphatic heterocycles. The van der Waals surface area contributed by atoms with Gasteiger partial charge in [-0.25, -0.2) is 0 Å². The lowest BCUT2D eigenvalue weighted by Gasteiger charge is -2.31. The van der Waals surface area contributed by atoms with Crippen molar-refractivity contribution in [1.82, 2.24) is 42.5 Å². The molecule has 0 saturated carbocycles. The maximum absolute atomic E-state index is 13.3. The van der Waals surface area contributed by atoms with Crippen molar-refractivity contribution in [2.45, 2.75) is 133 Å². The van der Waals surface area contributed by atoms with Crippen LogP contribution in [0.2, 0.25) is 0 Å². The van der Waals surface area contributed by atoms with Gasteiger partial charge in [0.25, 0.3) is 0 Å². The first-order valence-electron chi connectivity index (χ1n) is 16.0. The van der Waals surface area contributed by atoms with Crippen molar-refractivity contribution < 1.29 is 43.2 Å². The van der Waals surface area contributed by atoms with E-state index in [0.29, 0.717) is 0 Å². The molecule has 0 aromatic carbocycles. The maximum atomic E-state index is 13.3. The van der Waals surface area contributed by atoms with E-state index in [0.717, 1.165) is 0 Å². The van der Waals surface area contributed by atoms with Gasteiger partial charge in [0, 0.05) is 38.5 Å². The van der Waals surface area contributed by atoms with Crippen molar-refractivity contribution >= 4 is 53.2 Å². The smallest absolute Gasteiger partial charge is 0.245 e. The first-order valence-corrected chi connectivity index (χ1v) is 16.0. The second-order valence-corrected chi connectivity index (χ2v) is 14.5. The molecular weight excluding hydrogens is 644 g/mol.